The van der Waals surface area contributed by atoms with Crippen molar-refractivity contribution < 1.29 is 9.59 Å². The van der Waals surface area contributed by atoms with Gasteiger partial charge in [-0.3, -0.25) is 9.59 Å². The van der Waals surface area contributed by atoms with E-state index >= 15 is 0 Å². The largest absolute Gasteiger partial charge is 0.321 e. The van der Waals surface area contributed by atoms with Gasteiger partial charge in [0.05, 0.1) is 5.69 Å². The molecule has 138 valence electrons. The first-order valence-electron chi connectivity index (χ1n) is 8.47. The predicted molar refractivity (Wildman–Crippen MR) is 106 cm³/mol. The summed E-state index contributed by atoms with van der Waals surface area (Å²) >= 11 is 5.95. The van der Waals surface area contributed by atoms with Gasteiger partial charge in [0.15, 0.2) is 5.69 Å². The van der Waals surface area contributed by atoms with Crippen molar-refractivity contribution in [1.29, 1.82) is 0 Å². The molecule has 0 saturated heterocycles. The zero-order valence-electron chi connectivity index (χ0n) is 14.9. The molecule has 0 saturated carbocycles. The third-order valence-corrected chi connectivity index (χ3v) is 4.04. The molecule has 3 aromatic rings. The molecule has 0 aliphatic heterocycles. The van der Waals surface area contributed by atoms with Crippen LogP contribution < -0.4 is 10.6 Å². The van der Waals surface area contributed by atoms with Gasteiger partial charge < -0.3 is 10.6 Å². The number of nitrogens with one attached hydrogen (secondary N) is 2. The molecular formula is C20H19ClN4O2. The Bertz CT molecular complexity index is 967. The average Bonchev–Trinajstić information content (AvgIpc) is 3.06. The first-order valence-corrected chi connectivity index (χ1v) is 8.85. The number of carbonyl (C=O) groups is 2. The third-order valence-electron chi connectivity index (χ3n) is 3.80. The number of anilines is 2. The Morgan fingerprint density at radius 3 is 2.41 bits per heavy atom. The molecule has 7 heteroatoms. The molecule has 0 aliphatic rings. The molecule has 2 N–H and O–H groups in total. The number of para-hydroxylation sites is 1. The van der Waals surface area contributed by atoms with E-state index in [4.69, 9.17) is 11.6 Å². The van der Waals surface area contributed by atoms with Crippen molar-refractivity contribution >= 4 is 34.9 Å². The first kappa shape index (κ1) is 18.7. The highest BCUT2D eigenvalue weighted by Gasteiger charge is 2.18. The average molecular weight is 383 g/mol. The Balaban J connectivity index is 1.92. The minimum atomic E-state index is -0.396. The second kappa shape index (κ2) is 8.05. The van der Waals surface area contributed by atoms with Gasteiger partial charge in [-0.25, -0.2) is 4.68 Å². The Morgan fingerprint density at radius 2 is 1.74 bits per heavy atom. The zero-order valence-corrected chi connectivity index (χ0v) is 15.7. The summed E-state index contributed by atoms with van der Waals surface area (Å²) in [4.78, 5) is 24.7. The van der Waals surface area contributed by atoms with Crippen molar-refractivity contribution in [3.8, 4) is 5.69 Å². The lowest BCUT2D eigenvalue weighted by atomic mass is 10.2. The van der Waals surface area contributed by atoms with Gasteiger partial charge in [-0.2, -0.15) is 5.10 Å². The summed E-state index contributed by atoms with van der Waals surface area (Å²) in [6.45, 7) is 3.59. The second-order valence-electron chi connectivity index (χ2n) is 6.27. The molecule has 0 spiro atoms. The number of hydrogen-bond acceptors (Lipinski definition) is 3. The van der Waals surface area contributed by atoms with Crippen molar-refractivity contribution in [3.63, 3.8) is 0 Å². The van der Waals surface area contributed by atoms with E-state index in [1.54, 1.807) is 44.2 Å². The highest BCUT2D eigenvalue weighted by molar-refractivity contribution is 6.30. The number of nitrogens with zero attached hydrogens (tertiary/aromatic N) is 2. The minimum Gasteiger partial charge on any atom is -0.321 e. The van der Waals surface area contributed by atoms with Gasteiger partial charge in [0.1, 0.15) is 5.82 Å². The van der Waals surface area contributed by atoms with Gasteiger partial charge in [-0.05, 0) is 30.3 Å². The van der Waals surface area contributed by atoms with E-state index in [0.29, 0.717) is 16.5 Å². The van der Waals surface area contributed by atoms with E-state index in [-0.39, 0.29) is 17.5 Å². The monoisotopic (exact) mass is 382 g/mol. The molecule has 0 radical (unpaired) electrons. The van der Waals surface area contributed by atoms with Crippen LogP contribution in [0.25, 0.3) is 5.69 Å². The molecule has 6 nitrogen and oxygen atoms in total. The van der Waals surface area contributed by atoms with E-state index < -0.39 is 5.91 Å². The SMILES string of the molecule is CC(C)C(=O)Nc1cc(C(=O)Nc2cccc(Cl)c2)nn1-c1ccccc1. The van der Waals surface area contributed by atoms with Crippen LogP contribution in [0, 0.1) is 5.92 Å². The summed E-state index contributed by atoms with van der Waals surface area (Å²) in [6, 6.07) is 17.7. The van der Waals surface area contributed by atoms with Crippen molar-refractivity contribution in [2.75, 3.05) is 10.6 Å². The van der Waals surface area contributed by atoms with E-state index in [9.17, 15) is 9.59 Å². The Kier molecular flexibility index (Phi) is 5.57. The first-order chi connectivity index (χ1) is 12.9. The van der Waals surface area contributed by atoms with Gasteiger partial charge in [-0.1, -0.05) is 49.7 Å². The molecule has 2 aromatic carbocycles. The summed E-state index contributed by atoms with van der Waals surface area (Å²) in [5.41, 5.74) is 1.48. The number of amides is 2. The van der Waals surface area contributed by atoms with Crippen molar-refractivity contribution in [1.82, 2.24) is 9.78 Å². The fourth-order valence-electron chi connectivity index (χ4n) is 2.38. The number of benzene rings is 2. The van der Waals surface area contributed by atoms with Crippen LogP contribution in [0.4, 0.5) is 11.5 Å². The smallest absolute Gasteiger partial charge is 0.276 e. The zero-order chi connectivity index (χ0) is 19.4. The Labute approximate surface area is 162 Å². The molecule has 0 unspecified atom stereocenters. The van der Waals surface area contributed by atoms with Crippen LogP contribution in [0.1, 0.15) is 24.3 Å². The van der Waals surface area contributed by atoms with Gasteiger partial charge in [0.25, 0.3) is 5.91 Å². The van der Waals surface area contributed by atoms with Crippen LogP contribution in [0.3, 0.4) is 0 Å². The van der Waals surface area contributed by atoms with Crippen LogP contribution in [-0.2, 0) is 4.79 Å². The van der Waals surface area contributed by atoms with E-state index in [0.717, 1.165) is 5.69 Å². The van der Waals surface area contributed by atoms with E-state index in [1.165, 1.54) is 4.68 Å². The number of halogens is 1. The van der Waals surface area contributed by atoms with Crippen molar-refractivity contribution in [3.05, 3.63) is 71.4 Å². The van der Waals surface area contributed by atoms with Gasteiger partial charge in [0.2, 0.25) is 5.91 Å². The predicted octanol–water partition coefficient (Wildman–Crippen LogP) is 4.37. The minimum absolute atomic E-state index is 0.158. The number of carbonyl (C=O) groups excluding carboxylic acids is 2. The third kappa shape index (κ3) is 4.54. The summed E-state index contributed by atoms with van der Waals surface area (Å²) in [7, 11) is 0. The molecule has 27 heavy (non-hydrogen) atoms. The number of aromatic nitrogens is 2. The highest BCUT2D eigenvalue weighted by Crippen LogP contribution is 2.20. The van der Waals surface area contributed by atoms with Gasteiger partial charge in [-0.15, -0.1) is 0 Å². The lowest BCUT2D eigenvalue weighted by molar-refractivity contribution is -0.118. The number of rotatable bonds is 5. The summed E-state index contributed by atoms with van der Waals surface area (Å²) < 4.78 is 1.53. The van der Waals surface area contributed by atoms with Gasteiger partial charge >= 0.3 is 0 Å². The fraction of sp³-hybridized carbons (Fsp3) is 0.150. The molecular weight excluding hydrogens is 364 g/mol. The lowest BCUT2D eigenvalue weighted by Gasteiger charge is -2.10. The van der Waals surface area contributed by atoms with Crippen LogP contribution in [0.5, 0.6) is 0 Å². The van der Waals surface area contributed by atoms with Crippen LogP contribution in [-0.4, -0.2) is 21.6 Å². The standard InChI is InChI=1S/C20H19ClN4O2/c1-13(2)19(26)23-18-12-17(24-25(18)16-9-4-3-5-10-16)20(27)22-15-8-6-7-14(21)11-15/h3-13H,1-2H3,(H,22,27)(H,23,26). The maximum Gasteiger partial charge on any atom is 0.276 e. The van der Waals surface area contributed by atoms with E-state index in [1.807, 2.05) is 30.3 Å². The topological polar surface area (TPSA) is 76.0 Å². The Morgan fingerprint density at radius 1 is 1.00 bits per heavy atom. The molecule has 2 amide bonds. The molecule has 0 fully saturated rings. The van der Waals surface area contributed by atoms with Crippen LogP contribution in [0.15, 0.2) is 60.7 Å². The normalized spacial score (nSPS) is 10.7. The molecule has 0 bridgehead atoms. The van der Waals surface area contributed by atoms with E-state index in [2.05, 4.69) is 15.7 Å². The molecule has 1 aromatic heterocycles. The van der Waals surface area contributed by atoms with Crippen LogP contribution >= 0.6 is 11.6 Å². The fourth-order valence-corrected chi connectivity index (χ4v) is 2.57. The maximum atomic E-state index is 12.6. The van der Waals surface area contributed by atoms with Crippen molar-refractivity contribution in [2.45, 2.75) is 13.8 Å². The molecule has 0 aliphatic carbocycles. The quantitative estimate of drug-likeness (QED) is 0.687. The molecule has 0 atom stereocenters. The van der Waals surface area contributed by atoms with Crippen molar-refractivity contribution in [2.24, 2.45) is 5.92 Å². The summed E-state index contributed by atoms with van der Waals surface area (Å²) in [5.74, 6) is -0.329. The summed E-state index contributed by atoms with van der Waals surface area (Å²) in [6.07, 6.45) is 0. The van der Waals surface area contributed by atoms with Crippen LogP contribution in [0.2, 0.25) is 5.02 Å². The lowest BCUT2D eigenvalue weighted by Crippen LogP contribution is -2.19. The Hall–Kier alpha value is -3.12. The molecule has 3 rings (SSSR count). The summed E-state index contributed by atoms with van der Waals surface area (Å²) in [5, 5.41) is 10.5. The maximum absolute atomic E-state index is 12.6. The number of hydrogen-bond donors (Lipinski definition) is 2. The van der Waals surface area contributed by atoms with Gasteiger partial charge in [0, 0.05) is 22.7 Å². The highest BCUT2D eigenvalue weighted by atomic mass is 35.5. The second-order valence-corrected chi connectivity index (χ2v) is 6.71. The molecule has 1 heterocycles.